The zero-order valence-electron chi connectivity index (χ0n) is 11.7. The van der Waals surface area contributed by atoms with Gasteiger partial charge in [0.2, 0.25) is 0 Å². The molecule has 2 heterocycles. The lowest BCUT2D eigenvalue weighted by Gasteiger charge is -2.07. The number of hydrogen-bond donors (Lipinski definition) is 1. The molecule has 0 atom stereocenters. The summed E-state index contributed by atoms with van der Waals surface area (Å²) in [6.07, 6.45) is 0. The molecule has 0 radical (unpaired) electrons. The van der Waals surface area contributed by atoms with E-state index in [0.717, 1.165) is 16.3 Å². The minimum absolute atomic E-state index is 0.399. The van der Waals surface area contributed by atoms with Crippen molar-refractivity contribution in [2.45, 2.75) is 0 Å². The minimum Gasteiger partial charge on any atom is -0.465 e. The monoisotopic (exact) mass is 310 g/mol. The van der Waals surface area contributed by atoms with Gasteiger partial charge < -0.3 is 9.72 Å². The third-order valence-corrected chi connectivity index (χ3v) is 4.02. The average Bonchev–Trinajstić information content (AvgIpc) is 2.90. The number of esters is 1. The fraction of sp³-hybridized carbons (Fsp3) is 0.0588. The highest BCUT2D eigenvalue weighted by Crippen LogP contribution is 2.33. The number of fused-ring (bicyclic) bond motifs is 4. The third-order valence-electron chi connectivity index (χ3n) is 3.79. The Morgan fingerprint density at radius 1 is 1.18 bits per heavy atom. The van der Waals surface area contributed by atoms with Crippen molar-refractivity contribution in [1.29, 1.82) is 0 Å². The lowest BCUT2D eigenvalue weighted by molar-refractivity contribution is 0.0605. The number of benzene rings is 2. The summed E-state index contributed by atoms with van der Waals surface area (Å²) in [7, 11) is 1.37. The topological polar surface area (TPSA) is 55.0 Å². The van der Waals surface area contributed by atoms with Crippen molar-refractivity contribution in [3.63, 3.8) is 0 Å². The molecule has 0 aliphatic carbocycles. The van der Waals surface area contributed by atoms with Crippen molar-refractivity contribution in [2.75, 3.05) is 7.11 Å². The Bertz CT molecular complexity index is 1050. The van der Waals surface area contributed by atoms with Crippen molar-refractivity contribution in [3.8, 4) is 0 Å². The number of aromatic amines is 1. The molecule has 0 unspecified atom stereocenters. The molecule has 0 spiro atoms. The molecule has 4 nitrogen and oxygen atoms in total. The Balaban J connectivity index is 2.30. The van der Waals surface area contributed by atoms with Crippen LogP contribution in [-0.4, -0.2) is 23.0 Å². The summed E-state index contributed by atoms with van der Waals surface area (Å²) in [6.45, 7) is 0. The van der Waals surface area contributed by atoms with E-state index in [0.29, 0.717) is 27.1 Å². The standard InChI is InChI=1S/C17H11ClN2O2/c1-22-17(21)15-11-8-9(18)6-7-13(11)20-16-14(15)10-4-2-3-5-12(10)19-16/h2-8H,1H3,(H,19,20). The van der Waals surface area contributed by atoms with Crippen LogP contribution in [-0.2, 0) is 4.74 Å². The summed E-state index contributed by atoms with van der Waals surface area (Å²) in [4.78, 5) is 20.3. The van der Waals surface area contributed by atoms with Crippen LogP contribution in [0.4, 0.5) is 0 Å². The van der Waals surface area contributed by atoms with Gasteiger partial charge in [-0.1, -0.05) is 29.8 Å². The van der Waals surface area contributed by atoms with Crippen molar-refractivity contribution < 1.29 is 9.53 Å². The maximum atomic E-state index is 12.4. The Labute approximate surface area is 130 Å². The molecule has 0 fully saturated rings. The lowest BCUT2D eigenvalue weighted by atomic mass is 10.0. The average molecular weight is 311 g/mol. The predicted molar refractivity (Wildman–Crippen MR) is 87.5 cm³/mol. The predicted octanol–water partition coefficient (Wildman–Crippen LogP) is 4.31. The van der Waals surface area contributed by atoms with Crippen LogP contribution >= 0.6 is 11.6 Å². The summed E-state index contributed by atoms with van der Waals surface area (Å²) < 4.78 is 4.99. The van der Waals surface area contributed by atoms with Crippen LogP contribution in [0.5, 0.6) is 0 Å². The van der Waals surface area contributed by atoms with Gasteiger partial charge in [-0.25, -0.2) is 9.78 Å². The zero-order chi connectivity index (χ0) is 15.3. The normalized spacial score (nSPS) is 11.4. The highest BCUT2D eigenvalue weighted by atomic mass is 35.5. The van der Waals surface area contributed by atoms with Gasteiger partial charge >= 0.3 is 5.97 Å². The molecule has 4 rings (SSSR count). The highest BCUT2D eigenvalue weighted by molar-refractivity contribution is 6.32. The largest absolute Gasteiger partial charge is 0.465 e. The summed E-state index contributed by atoms with van der Waals surface area (Å²) in [6, 6.07) is 13.1. The molecule has 0 saturated heterocycles. The van der Waals surface area contributed by atoms with Gasteiger partial charge in [0.15, 0.2) is 0 Å². The maximum Gasteiger partial charge on any atom is 0.339 e. The van der Waals surface area contributed by atoms with Crippen LogP contribution in [0.3, 0.4) is 0 Å². The van der Waals surface area contributed by atoms with Gasteiger partial charge in [0.05, 0.1) is 18.2 Å². The van der Waals surface area contributed by atoms with E-state index in [9.17, 15) is 4.79 Å². The van der Waals surface area contributed by atoms with E-state index in [1.165, 1.54) is 7.11 Å². The first-order valence-corrected chi connectivity index (χ1v) is 7.15. The van der Waals surface area contributed by atoms with Crippen LogP contribution < -0.4 is 0 Å². The van der Waals surface area contributed by atoms with E-state index in [2.05, 4.69) is 9.97 Å². The fourth-order valence-electron chi connectivity index (χ4n) is 2.84. The van der Waals surface area contributed by atoms with E-state index in [1.54, 1.807) is 18.2 Å². The summed E-state index contributed by atoms with van der Waals surface area (Å²) >= 11 is 6.09. The highest BCUT2D eigenvalue weighted by Gasteiger charge is 2.20. The molecule has 2 aromatic carbocycles. The second-order valence-electron chi connectivity index (χ2n) is 5.03. The number of methoxy groups -OCH3 is 1. The second kappa shape index (κ2) is 4.71. The van der Waals surface area contributed by atoms with Crippen LogP contribution in [0.1, 0.15) is 10.4 Å². The number of halogens is 1. The van der Waals surface area contributed by atoms with Crippen LogP contribution in [0.2, 0.25) is 5.02 Å². The van der Waals surface area contributed by atoms with Gasteiger partial charge in [-0.3, -0.25) is 0 Å². The molecule has 4 aromatic rings. The molecule has 22 heavy (non-hydrogen) atoms. The number of carbonyl (C=O) groups excluding carboxylic acids is 1. The summed E-state index contributed by atoms with van der Waals surface area (Å²) in [5, 5.41) is 2.94. The molecule has 0 aliphatic heterocycles. The molecular weight excluding hydrogens is 300 g/mol. The smallest absolute Gasteiger partial charge is 0.339 e. The van der Waals surface area contributed by atoms with E-state index < -0.39 is 5.97 Å². The quantitative estimate of drug-likeness (QED) is 0.533. The van der Waals surface area contributed by atoms with Gasteiger partial charge in [-0.15, -0.1) is 0 Å². The van der Waals surface area contributed by atoms with E-state index >= 15 is 0 Å². The molecule has 5 heteroatoms. The minimum atomic E-state index is -0.399. The number of carbonyl (C=O) groups is 1. The molecular formula is C17H11ClN2O2. The van der Waals surface area contributed by atoms with Crippen LogP contribution in [0.25, 0.3) is 32.8 Å². The van der Waals surface area contributed by atoms with Crippen molar-refractivity contribution in [3.05, 3.63) is 53.1 Å². The van der Waals surface area contributed by atoms with E-state index in [1.807, 2.05) is 24.3 Å². The summed E-state index contributed by atoms with van der Waals surface area (Å²) in [5.74, 6) is -0.399. The number of pyridine rings is 1. The number of H-pyrrole nitrogens is 1. The fourth-order valence-corrected chi connectivity index (χ4v) is 3.01. The SMILES string of the molecule is COC(=O)c1c2cc(Cl)ccc2nc2[nH]c3ccccc3c12. The molecule has 2 aromatic heterocycles. The van der Waals surface area contributed by atoms with Crippen molar-refractivity contribution in [2.24, 2.45) is 0 Å². The molecule has 0 amide bonds. The molecule has 108 valence electrons. The van der Waals surface area contributed by atoms with Gasteiger partial charge in [-0.05, 0) is 24.3 Å². The Morgan fingerprint density at radius 3 is 2.82 bits per heavy atom. The number of rotatable bonds is 1. The maximum absolute atomic E-state index is 12.4. The summed E-state index contributed by atoms with van der Waals surface area (Å²) in [5.41, 5.74) is 2.78. The van der Waals surface area contributed by atoms with Gasteiger partial charge in [0.1, 0.15) is 5.65 Å². The number of ether oxygens (including phenoxy) is 1. The molecule has 0 bridgehead atoms. The number of hydrogen-bond acceptors (Lipinski definition) is 3. The first kappa shape index (κ1) is 13.1. The first-order valence-electron chi connectivity index (χ1n) is 6.77. The molecule has 0 saturated carbocycles. The van der Waals surface area contributed by atoms with Gasteiger partial charge in [0, 0.05) is 26.7 Å². The molecule has 0 aliphatic rings. The Morgan fingerprint density at radius 2 is 2.00 bits per heavy atom. The van der Waals surface area contributed by atoms with Crippen LogP contribution in [0, 0.1) is 0 Å². The van der Waals surface area contributed by atoms with Crippen molar-refractivity contribution >= 4 is 50.4 Å². The number of nitrogens with one attached hydrogen (secondary N) is 1. The number of aromatic nitrogens is 2. The van der Waals surface area contributed by atoms with Crippen molar-refractivity contribution in [1.82, 2.24) is 9.97 Å². The van der Waals surface area contributed by atoms with E-state index in [4.69, 9.17) is 16.3 Å². The number of nitrogens with zero attached hydrogens (tertiary/aromatic N) is 1. The van der Waals surface area contributed by atoms with Gasteiger partial charge in [-0.2, -0.15) is 0 Å². The third kappa shape index (κ3) is 1.77. The Hall–Kier alpha value is -2.59. The zero-order valence-corrected chi connectivity index (χ0v) is 12.4. The molecule has 1 N–H and O–H groups in total. The van der Waals surface area contributed by atoms with Gasteiger partial charge in [0.25, 0.3) is 0 Å². The first-order chi connectivity index (χ1) is 10.7. The number of para-hydroxylation sites is 1. The van der Waals surface area contributed by atoms with Crippen LogP contribution in [0.15, 0.2) is 42.5 Å². The lowest BCUT2D eigenvalue weighted by Crippen LogP contribution is -2.04. The second-order valence-corrected chi connectivity index (χ2v) is 5.47. The Kier molecular flexibility index (Phi) is 2.81. The van der Waals surface area contributed by atoms with E-state index in [-0.39, 0.29) is 0 Å².